The zero-order chi connectivity index (χ0) is 22.3. The molecule has 6 nitrogen and oxygen atoms in total. The zero-order valence-electron chi connectivity index (χ0n) is 17.8. The van der Waals surface area contributed by atoms with Crippen LogP contribution < -0.4 is 10.2 Å². The number of hydrogen-bond acceptors (Lipinski definition) is 6. The molecule has 3 atom stereocenters. The Morgan fingerprint density at radius 3 is 2.71 bits per heavy atom. The molecule has 0 amide bonds. The molecule has 6 heteroatoms. The van der Waals surface area contributed by atoms with E-state index in [0.29, 0.717) is 46.3 Å². The van der Waals surface area contributed by atoms with E-state index in [1.165, 1.54) is 30.0 Å². The topological polar surface area (TPSA) is 100 Å². The first kappa shape index (κ1) is 21.2. The average Bonchev–Trinajstić information content (AvgIpc) is 3.05. The summed E-state index contributed by atoms with van der Waals surface area (Å²) in [5, 5.41) is 31.8. The molecule has 1 aliphatic rings. The molecule has 2 heterocycles. The Hall–Kier alpha value is -3.09. The van der Waals surface area contributed by atoms with Gasteiger partial charge in [0.15, 0.2) is 11.5 Å². The van der Waals surface area contributed by atoms with Crippen LogP contribution in [0.2, 0.25) is 0 Å². The Labute approximate surface area is 180 Å². The fourth-order valence-corrected chi connectivity index (χ4v) is 4.00. The van der Waals surface area contributed by atoms with E-state index < -0.39 is 17.8 Å². The highest BCUT2D eigenvalue weighted by Crippen LogP contribution is 2.43. The van der Waals surface area contributed by atoms with Crippen LogP contribution in [-0.2, 0) is 0 Å². The summed E-state index contributed by atoms with van der Waals surface area (Å²) in [6.07, 6.45) is 2.68. The maximum Gasteiger partial charge on any atom is 0.200 e. The molecule has 0 radical (unpaired) electrons. The third kappa shape index (κ3) is 3.96. The molecule has 4 rings (SSSR count). The Morgan fingerprint density at radius 2 is 1.97 bits per heavy atom. The van der Waals surface area contributed by atoms with Gasteiger partial charge in [-0.25, -0.2) is 0 Å². The number of allylic oxidation sites excluding steroid dienone is 2. The molecule has 3 N–H and O–H groups in total. The van der Waals surface area contributed by atoms with Gasteiger partial charge in [-0.2, -0.15) is 0 Å². The fraction of sp³-hybridized carbons (Fsp3) is 0.320. The second-order valence-corrected chi connectivity index (χ2v) is 8.57. The lowest BCUT2D eigenvalue weighted by molar-refractivity contribution is -0.0912. The summed E-state index contributed by atoms with van der Waals surface area (Å²) in [5.41, 5.74) is 1.44. The molecule has 3 unspecified atom stereocenters. The standard InChI is InChI=1S/C25H26O6/c1-14(2)5-4-10-25(3,29)24-23(28)18-11-15(6-9-20(18)31-24)19-13-30-21-12-16(26)7-8-17(21)22(19)27/h5-9,11-13,23-24,26,28-29H,4,10H2,1-3H3. The van der Waals surface area contributed by atoms with Crippen LogP contribution in [0.1, 0.15) is 45.3 Å². The molecule has 0 aliphatic carbocycles. The number of phenols is 1. The molecule has 1 aliphatic heterocycles. The van der Waals surface area contributed by atoms with E-state index in [9.17, 15) is 20.1 Å². The quantitative estimate of drug-likeness (QED) is 0.525. The van der Waals surface area contributed by atoms with Gasteiger partial charge in [0.25, 0.3) is 0 Å². The summed E-state index contributed by atoms with van der Waals surface area (Å²) in [4.78, 5) is 12.9. The summed E-state index contributed by atoms with van der Waals surface area (Å²) in [5.74, 6) is 0.503. The molecule has 31 heavy (non-hydrogen) atoms. The summed E-state index contributed by atoms with van der Waals surface area (Å²) in [6.45, 7) is 5.66. The van der Waals surface area contributed by atoms with E-state index in [2.05, 4.69) is 0 Å². The molecule has 0 saturated heterocycles. The maximum atomic E-state index is 12.9. The Bertz CT molecular complexity index is 1220. The number of ether oxygens (including phenoxy) is 1. The molecule has 0 spiro atoms. The predicted octanol–water partition coefficient (Wildman–Crippen LogP) is 4.46. The SMILES string of the molecule is CC(C)=CCCC(C)(O)C1Oc2ccc(-c3coc4cc(O)ccc4c3=O)cc2C1O. The van der Waals surface area contributed by atoms with Crippen LogP contribution in [0, 0.1) is 0 Å². The number of phenolic OH excluding ortho intramolecular Hbond substituents is 1. The van der Waals surface area contributed by atoms with Crippen molar-refractivity contribution in [2.45, 2.75) is 51.4 Å². The molecule has 2 aromatic carbocycles. The van der Waals surface area contributed by atoms with Crippen molar-refractivity contribution in [3.8, 4) is 22.6 Å². The summed E-state index contributed by atoms with van der Waals surface area (Å²) in [6, 6.07) is 9.47. The Morgan fingerprint density at radius 1 is 1.19 bits per heavy atom. The first-order valence-corrected chi connectivity index (χ1v) is 10.3. The number of aromatic hydroxyl groups is 1. The van der Waals surface area contributed by atoms with Gasteiger partial charge in [-0.05, 0) is 63.4 Å². The molecule has 3 aromatic rings. The van der Waals surface area contributed by atoms with Crippen molar-refractivity contribution in [2.75, 3.05) is 0 Å². The van der Waals surface area contributed by atoms with Gasteiger partial charge in [-0.3, -0.25) is 4.79 Å². The van der Waals surface area contributed by atoms with E-state index in [4.69, 9.17) is 9.15 Å². The minimum atomic E-state index is -1.23. The second-order valence-electron chi connectivity index (χ2n) is 8.57. The number of fused-ring (bicyclic) bond motifs is 2. The van der Waals surface area contributed by atoms with E-state index in [-0.39, 0.29) is 11.2 Å². The van der Waals surface area contributed by atoms with E-state index >= 15 is 0 Å². The Kier molecular flexibility index (Phi) is 5.37. The lowest BCUT2D eigenvalue weighted by atomic mass is 9.88. The van der Waals surface area contributed by atoms with Gasteiger partial charge in [-0.1, -0.05) is 17.7 Å². The first-order chi connectivity index (χ1) is 14.7. The predicted molar refractivity (Wildman–Crippen MR) is 118 cm³/mol. The van der Waals surface area contributed by atoms with Gasteiger partial charge in [0, 0.05) is 11.6 Å². The minimum Gasteiger partial charge on any atom is -0.508 e. The third-order valence-corrected chi connectivity index (χ3v) is 5.75. The minimum absolute atomic E-state index is 0.0175. The van der Waals surface area contributed by atoms with Crippen molar-refractivity contribution < 1.29 is 24.5 Å². The number of benzene rings is 2. The molecule has 0 saturated carbocycles. The highest BCUT2D eigenvalue weighted by Gasteiger charge is 2.44. The molecule has 0 bridgehead atoms. The van der Waals surface area contributed by atoms with Crippen molar-refractivity contribution in [3.63, 3.8) is 0 Å². The molecule has 1 aromatic heterocycles. The average molecular weight is 422 g/mol. The van der Waals surface area contributed by atoms with Crippen LogP contribution in [0.5, 0.6) is 11.5 Å². The summed E-state index contributed by atoms with van der Waals surface area (Å²) < 4.78 is 11.4. The molecular weight excluding hydrogens is 396 g/mol. The van der Waals surface area contributed by atoms with Crippen LogP contribution in [0.3, 0.4) is 0 Å². The lowest BCUT2D eigenvalue weighted by Crippen LogP contribution is -2.44. The highest BCUT2D eigenvalue weighted by atomic mass is 16.5. The number of aliphatic hydroxyl groups excluding tert-OH is 1. The fourth-order valence-electron chi connectivity index (χ4n) is 4.00. The van der Waals surface area contributed by atoms with Gasteiger partial charge < -0.3 is 24.5 Å². The van der Waals surface area contributed by atoms with Crippen molar-refractivity contribution in [1.82, 2.24) is 0 Å². The van der Waals surface area contributed by atoms with Gasteiger partial charge >= 0.3 is 0 Å². The molecular formula is C25H26O6. The number of rotatable bonds is 5. The summed E-state index contributed by atoms with van der Waals surface area (Å²) in [7, 11) is 0. The van der Waals surface area contributed by atoms with Crippen molar-refractivity contribution >= 4 is 11.0 Å². The molecule has 162 valence electrons. The van der Waals surface area contributed by atoms with Gasteiger partial charge in [0.1, 0.15) is 35.1 Å². The van der Waals surface area contributed by atoms with Crippen molar-refractivity contribution in [3.05, 3.63) is 70.1 Å². The van der Waals surface area contributed by atoms with Crippen LogP contribution >= 0.6 is 0 Å². The highest BCUT2D eigenvalue weighted by molar-refractivity contribution is 5.82. The third-order valence-electron chi connectivity index (χ3n) is 5.75. The number of hydrogen-bond donors (Lipinski definition) is 3. The Balaban J connectivity index is 1.65. The van der Waals surface area contributed by atoms with Crippen LogP contribution in [0.25, 0.3) is 22.1 Å². The second kappa shape index (κ2) is 7.87. The van der Waals surface area contributed by atoms with Crippen molar-refractivity contribution in [1.29, 1.82) is 0 Å². The van der Waals surface area contributed by atoms with Crippen molar-refractivity contribution in [2.24, 2.45) is 0 Å². The molecule has 0 fully saturated rings. The summed E-state index contributed by atoms with van der Waals surface area (Å²) >= 11 is 0. The van der Waals surface area contributed by atoms with E-state index in [1.807, 2.05) is 19.9 Å². The van der Waals surface area contributed by atoms with Gasteiger partial charge in [0.05, 0.1) is 10.9 Å². The van der Waals surface area contributed by atoms with Gasteiger partial charge in [-0.15, -0.1) is 0 Å². The normalized spacial score (nSPS) is 19.5. The first-order valence-electron chi connectivity index (χ1n) is 10.3. The maximum absolute atomic E-state index is 12.9. The van der Waals surface area contributed by atoms with E-state index in [0.717, 1.165) is 0 Å². The zero-order valence-corrected chi connectivity index (χ0v) is 17.8. The van der Waals surface area contributed by atoms with Crippen LogP contribution in [0.15, 0.2) is 63.5 Å². The van der Waals surface area contributed by atoms with Crippen LogP contribution in [-0.4, -0.2) is 27.0 Å². The van der Waals surface area contributed by atoms with Crippen LogP contribution in [0.4, 0.5) is 0 Å². The van der Waals surface area contributed by atoms with E-state index in [1.54, 1.807) is 25.1 Å². The lowest BCUT2D eigenvalue weighted by Gasteiger charge is -2.31. The number of aliphatic hydroxyl groups is 2. The largest absolute Gasteiger partial charge is 0.508 e. The van der Waals surface area contributed by atoms with Gasteiger partial charge in [0.2, 0.25) is 0 Å². The smallest absolute Gasteiger partial charge is 0.200 e. The monoisotopic (exact) mass is 422 g/mol.